The molecular formula is C12H20Sb2. The van der Waals surface area contributed by atoms with Gasteiger partial charge in [0.1, 0.15) is 0 Å². The molecule has 0 unspecified atom stereocenters. The maximum atomic E-state index is 2.47. The molecule has 14 heavy (non-hydrogen) atoms. The van der Waals surface area contributed by atoms with Crippen LogP contribution in [0.3, 0.4) is 0 Å². The van der Waals surface area contributed by atoms with E-state index in [0.29, 0.717) is 0 Å². The Balaban J connectivity index is 2.68. The summed E-state index contributed by atoms with van der Waals surface area (Å²) in [7, 11) is 0. The topological polar surface area (TPSA) is 0 Å². The van der Waals surface area contributed by atoms with Crippen LogP contribution in [0.2, 0.25) is 19.5 Å². The molecule has 0 aliphatic rings. The fraction of sp³-hybridized carbons (Fsp3) is 0.500. The van der Waals surface area contributed by atoms with Gasteiger partial charge < -0.3 is 0 Å². The van der Waals surface area contributed by atoms with Crippen molar-refractivity contribution < 1.29 is 0 Å². The van der Waals surface area contributed by atoms with Crippen LogP contribution in [0, 0.1) is 0 Å². The molecule has 0 heterocycles. The molecule has 0 aliphatic carbocycles. The van der Waals surface area contributed by atoms with Gasteiger partial charge in [0.15, 0.2) is 0 Å². The maximum absolute atomic E-state index is 2.47. The van der Waals surface area contributed by atoms with Crippen molar-refractivity contribution in [2.75, 3.05) is 0 Å². The Bertz CT molecular complexity index is 254. The zero-order valence-electron chi connectivity index (χ0n) is 9.62. The van der Waals surface area contributed by atoms with Crippen LogP contribution in [-0.4, -0.2) is 40.4 Å². The van der Waals surface area contributed by atoms with Gasteiger partial charge in [-0.1, -0.05) is 0 Å². The number of hydrogen-bond donors (Lipinski definition) is 0. The molecule has 0 aromatic heterocycles. The summed E-state index contributed by atoms with van der Waals surface area (Å²) in [5.74, 6) is 0. The molecule has 0 N–H and O–H groups in total. The third-order valence-corrected chi connectivity index (χ3v) is 7.68. The molecule has 78 valence electrons. The summed E-state index contributed by atoms with van der Waals surface area (Å²) in [6.45, 7) is 0. The molecule has 1 aromatic carbocycles. The zero-order chi connectivity index (χ0) is 10.6. The molecule has 0 spiro atoms. The van der Waals surface area contributed by atoms with E-state index in [1.807, 2.05) is 0 Å². The van der Waals surface area contributed by atoms with Gasteiger partial charge >= 0.3 is 104 Å². The second-order valence-electron chi connectivity index (χ2n) is 4.30. The van der Waals surface area contributed by atoms with Crippen molar-refractivity contribution >= 4 is 40.4 Å². The second-order valence-corrected chi connectivity index (χ2v) is 18.4. The van der Waals surface area contributed by atoms with Crippen LogP contribution in [0.25, 0.3) is 0 Å². The normalized spacial score (nSPS) is 11.3. The summed E-state index contributed by atoms with van der Waals surface area (Å²) in [5, 5.41) is 0. The van der Waals surface area contributed by atoms with Crippen LogP contribution in [-0.2, 0) is 8.73 Å². The SMILES string of the molecule is [CH3][Sb]([CH3])[CH2]c1cccc([CH2][Sb]([CH3])[CH3])c1. The molecule has 0 atom stereocenters. The average Bonchev–Trinajstić information content (AvgIpc) is 2.01. The second kappa shape index (κ2) is 6.44. The standard InChI is InChI=1S/C8H8.4CH3.2Sb/c1-7-4-3-5-8(2)6-7;;;;;;/h3-6H,1-2H2;4*1H3;;. The van der Waals surface area contributed by atoms with Gasteiger partial charge in [-0.15, -0.1) is 0 Å². The molecule has 0 fully saturated rings. The molecule has 2 heteroatoms. The Morgan fingerprint density at radius 3 is 1.64 bits per heavy atom. The molecule has 1 rings (SSSR count). The van der Waals surface area contributed by atoms with Crippen molar-refractivity contribution in [1.29, 1.82) is 0 Å². The van der Waals surface area contributed by atoms with E-state index in [1.165, 1.54) is 8.73 Å². The van der Waals surface area contributed by atoms with E-state index in [0.717, 1.165) is 0 Å². The average molecular weight is 408 g/mol. The van der Waals surface area contributed by atoms with E-state index in [4.69, 9.17) is 0 Å². The predicted molar refractivity (Wildman–Crippen MR) is 68.8 cm³/mol. The monoisotopic (exact) mass is 406 g/mol. The first-order valence-corrected chi connectivity index (χ1v) is 18.8. The van der Waals surface area contributed by atoms with Crippen molar-refractivity contribution in [2.45, 2.75) is 28.2 Å². The first-order chi connectivity index (χ1) is 6.58. The third-order valence-electron chi connectivity index (χ3n) is 1.99. The minimum atomic E-state index is -0.825. The number of hydrogen-bond acceptors (Lipinski definition) is 0. The van der Waals surface area contributed by atoms with Crippen LogP contribution >= 0.6 is 0 Å². The van der Waals surface area contributed by atoms with E-state index in [9.17, 15) is 0 Å². The van der Waals surface area contributed by atoms with Gasteiger partial charge in [-0.05, 0) is 0 Å². The van der Waals surface area contributed by atoms with E-state index < -0.39 is 40.4 Å². The number of benzene rings is 1. The van der Waals surface area contributed by atoms with E-state index >= 15 is 0 Å². The van der Waals surface area contributed by atoms with Crippen molar-refractivity contribution in [3.8, 4) is 0 Å². The molecule has 0 amide bonds. The van der Waals surface area contributed by atoms with Gasteiger partial charge in [-0.3, -0.25) is 0 Å². The molecule has 0 saturated heterocycles. The van der Waals surface area contributed by atoms with E-state index in [2.05, 4.69) is 43.7 Å². The summed E-state index contributed by atoms with van der Waals surface area (Å²) in [6.07, 6.45) is 0. The fourth-order valence-electron chi connectivity index (χ4n) is 1.56. The quantitative estimate of drug-likeness (QED) is 0.671. The summed E-state index contributed by atoms with van der Waals surface area (Å²) in [5.41, 5.74) is 3.19. The summed E-state index contributed by atoms with van der Waals surface area (Å²) < 4.78 is 2.81. The Labute approximate surface area is 103 Å². The number of rotatable bonds is 4. The Morgan fingerprint density at radius 2 is 1.29 bits per heavy atom. The van der Waals surface area contributed by atoms with Gasteiger partial charge in [-0.25, -0.2) is 0 Å². The Morgan fingerprint density at radius 1 is 0.857 bits per heavy atom. The van der Waals surface area contributed by atoms with Crippen molar-refractivity contribution in [1.82, 2.24) is 0 Å². The van der Waals surface area contributed by atoms with Crippen LogP contribution in [0.4, 0.5) is 0 Å². The van der Waals surface area contributed by atoms with Gasteiger partial charge in [0, 0.05) is 0 Å². The Kier molecular flexibility index (Phi) is 5.95. The first-order valence-electron chi connectivity index (χ1n) is 4.95. The van der Waals surface area contributed by atoms with Crippen LogP contribution < -0.4 is 0 Å². The Hall–Kier alpha value is 0.856. The van der Waals surface area contributed by atoms with Gasteiger partial charge in [0.25, 0.3) is 0 Å². The van der Waals surface area contributed by atoms with Crippen molar-refractivity contribution in [2.24, 2.45) is 0 Å². The van der Waals surface area contributed by atoms with Crippen molar-refractivity contribution in [3.63, 3.8) is 0 Å². The first kappa shape index (κ1) is 12.9. The van der Waals surface area contributed by atoms with Crippen LogP contribution in [0.15, 0.2) is 24.3 Å². The van der Waals surface area contributed by atoms with E-state index in [1.54, 1.807) is 11.1 Å². The van der Waals surface area contributed by atoms with Gasteiger partial charge in [0.05, 0.1) is 0 Å². The van der Waals surface area contributed by atoms with Crippen LogP contribution in [0.5, 0.6) is 0 Å². The molecule has 0 saturated carbocycles. The third kappa shape index (κ3) is 5.08. The molecule has 0 aliphatic heterocycles. The van der Waals surface area contributed by atoms with Crippen molar-refractivity contribution in [3.05, 3.63) is 35.4 Å². The molecule has 0 radical (unpaired) electrons. The minimum absolute atomic E-state index is 0.825. The summed E-state index contributed by atoms with van der Waals surface area (Å²) in [4.78, 5) is 9.87. The molecular weight excluding hydrogens is 388 g/mol. The summed E-state index contributed by atoms with van der Waals surface area (Å²) >= 11 is -1.65. The van der Waals surface area contributed by atoms with E-state index in [-0.39, 0.29) is 0 Å². The van der Waals surface area contributed by atoms with Gasteiger partial charge in [-0.2, -0.15) is 0 Å². The zero-order valence-corrected chi connectivity index (χ0v) is 14.7. The van der Waals surface area contributed by atoms with Crippen LogP contribution in [0.1, 0.15) is 11.1 Å². The molecule has 0 bridgehead atoms. The molecule has 1 aromatic rings. The fourth-order valence-corrected chi connectivity index (χ4v) is 6.85. The summed E-state index contributed by atoms with van der Waals surface area (Å²) in [6, 6.07) is 9.31. The molecule has 0 nitrogen and oxygen atoms in total. The predicted octanol–water partition coefficient (Wildman–Crippen LogP) is 3.36. The van der Waals surface area contributed by atoms with Gasteiger partial charge in [0.2, 0.25) is 0 Å².